The lowest BCUT2D eigenvalue weighted by Crippen LogP contribution is -1.79. The van der Waals surface area contributed by atoms with E-state index in [-0.39, 0.29) is 0 Å². The van der Waals surface area contributed by atoms with Crippen LogP contribution in [0.5, 0.6) is 0 Å². The van der Waals surface area contributed by atoms with E-state index in [1.54, 1.807) is 0 Å². The Kier molecular flexibility index (Phi) is 1.80. The quantitative estimate of drug-likeness (QED) is 0.381. The van der Waals surface area contributed by atoms with E-state index in [2.05, 4.69) is 48.5 Å². The van der Waals surface area contributed by atoms with Gasteiger partial charge in [0.1, 0.15) is 11.2 Å². The molecule has 0 aliphatic heterocycles. The fourth-order valence-electron chi connectivity index (χ4n) is 3.33. The fraction of sp³-hybridized carbons (Fsp3) is 0.0526. The van der Waals surface area contributed by atoms with Gasteiger partial charge < -0.3 is 4.42 Å². The molecule has 1 aliphatic rings. The van der Waals surface area contributed by atoms with Crippen LogP contribution in [0.4, 0.5) is 0 Å². The number of benzene rings is 3. The highest BCUT2D eigenvalue weighted by Gasteiger charge is 2.23. The molecule has 0 spiro atoms. The Balaban J connectivity index is 1.99. The Morgan fingerprint density at radius 1 is 0.850 bits per heavy atom. The van der Waals surface area contributed by atoms with Crippen molar-refractivity contribution in [2.75, 3.05) is 0 Å². The maximum Gasteiger partial charge on any atom is 0.143 e. The molecule has 1 aliphatic carbocycles. The number of hydrogen-bond donors (Lipinski definition) is 0. The van der Waals surface area contributed by atoms with Crippen molar-refractivity contribution in [1.82, 2.24) is 0 Å². The first-order chi connectivity index (χ1) is 9.92. The van der Waals surface area contributed by atoms with Gasteiger partial charge in [0.25, 0.3) is 0 Å². The predicted molar refractivity (Wildman–Crippen MR) is 80.8 cm³/mol. The molecule has 0 unspecified atom stereocenters. The normalized spacial score (nSPS) is 12.8. The largest absolute Gasteiger partial charge is 0.455 e. The van der Waals surface area contributed by atoms with Crippen molar-refractivity contribution >= 4 is 21.9 Å². The van der Waals surface area contributed by atoms with E-state index in [1.807, 2.05) is 12.1 Å². The Labute approximate surface area is 116 Å². The smallest absolute Gasteiger partial charge is 0.143 e. The molecule has 0 fully saturated rings. The van der Waals surface area contributed by atoms with Gasteiger partial charge in [-0.3, -0.25) is 0 Å². The van der Waals surface area contributed by atoms with Crippen LogP contribution in [-0.4, -0.2) is 0 Å². The average Bonchev–Trinajstić information content (AvgIpc) is 3.04. The minimum atomic E-state index is 0.847. The van der Waals surface area contributed by atoms with Crippen LogP contribution in [0, 0.1) is 6.07 Å². The van der Waals surface area contributed by atoms with Gasteiger partial charge >= 0.3 is 0 Å². The average molecular weight is 255 g/mol. The van der Waals surface area contributed by atoms with Crippen LogP contribution in [0.3, 0.4) is 0 Å². The van der Waals surface area contributed by atoms with Crippen molar-refractivity contribution in [2.24, 2.45) is 0 Å². The Morgan fingerprint density at radius 2 is 1.80 bits per heavy atom. The Hall–Kier alpha value is -2.54. The molecule has 0 bridgehead atoms. The number of furan rings is 1. The van der Waals surface area contributed by atoms with Gasteiger partial charge in [-0.25, -0.2) is 0 Å². The molecule has 0 saturated heterocycles. The summed E-state index contributed by atoms with van der Waals surface area (Å²) in [5, 5.41) is 2.34. The molecule has 93 valence electrons. The van der Waals surface area contributed by atoms with E-state index in [0.29, 0.717) is 0 Å². The third-order valence-corrected chi connectivity index (χ3v) is 4.22. The number of para-hydroxylation sites is 1. The van der Waals surface area contributed by atoms with Crippen molar-refractivity contribution in [3.8, 4) is 11.1 Å². The Morgan fingerprint density at radius 3 is 2.80 bits per heavy atom. The van der Waals surface area contributed by atoms with Gasteiger partial charge in [0.05, 0.1) is 0 Å². The molecule has 0 atom stereocenters. The molecule has 0 saturated carbocycles. The van der Waals surface area contributed by atoms with E-state index < -0.39 is 0 Å². The van der Waals surface area contributed by atoms with Crippen LogP contribution in [-0.2, 0) is 6.42 Å². The zero-order valence-corrected chi connectivity index (χ0v) is 10.8. The SMILES string of the molecule is [c]1cccc2c1oc1c3c(ccc12)Cc1ccccc1-3. The molecule has 1 aromatic heterocycles. The summed E-state index contributed by atoms with van der Waals surface area (Å²) in [7, 11) is 0. The van der Waals surface area contributed by atoms with E-state index in [4.69, 9.17) is 4.42 Å². The first-order valence-corrected chi connectivity index (χ1v) is 6.85. The molecular weight excluding hydrogens is 244 g/mol. The molecule has 1 radical (unpaired) electrons. The lowest BCUT2D eigenvalue weighted by molar-refractivity contribution is 0.669. The van der Waals surface area contributed by atoms with Gasteiger partial charge in [-0.1, -0.05) is 54.6 Å². The van der Waals surface area contributed by atoms with Crippen LogP contribution in [0.15, 0.2) is 59.0 Å². The second-order valence-electron chi connectivity index (χ2n) is 5.33. The van der Waals surface area contributed by atoms with Crippen LogP contribution in [0.2, 0.25) is 0 Å². The van der Waals surface area contributed by atoms with Crippen molar-refractivity contribution < 1.29 is 4.42 Å². The molecule has 5 rings (SSSR count). The molecule has 1 heterocycles. The van der Waals surface area contributed by atoms with Gasteiger partial charge in [0, 0.05) is 22.4 Å². The summed E-state index contributed by atoms with van der Waals surface area (Å²) in [5.74, 6) is 0. The lowest BCUT2D eigenvalue weighted by Gasteiger charge is -2.01. The molecule has 0 N–H and O–H groups in total. The monoisotopic (exact) mass is 255 g/mol. The van der Waals surface area contributed by atoms with Crippen LogP contribution in [0.25, 0.3) is 33.1 Å². The third-order valence-electron chi connectivity index (χ3n) is 4.22. The summed E-state index contributed by atoms with van der Waals surface area (Å²) in [5.41, 5.74) is 7.18. The highest BCUT2D eigenvalue weighted by atomic mass is 16.3. The van der Waals surface area contributed by atoms with Gasteiger partial charge in [-0.15, -0.1) is 0 Å². The standard InChI is InChI=1S/C19H11O/c1-2-6-14-12(5-1)11-13-9-10-16-15-7-3-4-8-17(15)20-19(16)18(13)14/h1-7,9-10H,11H2. The molecule has 3 aromatic carbocycles. The maximum atomic E-state index is 6.10. The number of hydrogen-bond acceptors (Lipinski definition) is 1. The van der Waals surface area contributed by atoms with E-state index in [0.717, 1.165) is 23.0 Å². The fourth-order valence-corrected chi connectivity index (χ4v) is 3.33. The van der Waals surface area contributed by atoms with Gasteiger partial charge in [-0.2, -0.15) is 0 Å². The second-order valence-corrected chi connectivity index (χ2v) is 5.33. The second kappa shape index (κ2) is 3.51. The van der Waals surface area contributed by atoms with Crippen LogP contribution < -0.4 is 0 Å². The highest BCUT2D eigenvalue weighted by Crippen LogP contribution is 2.43. The molecule has 0 amide bonds. The summed E-state index contributed by atoms with van der Waals surface area (Å²) < 4.78 is 6.10. The summed E-state index contributed by atoms with van der Waals surface area (Å²) >= 11 is 0. The number of rotatable bonds is 0. The minimum Gasteiger partial charge on any atom is -0.455 e. The number of fused-ring (bicyclic) bond motifs is 7. The van der Waals surface area contributed by atoms with E-state index in [1.165, 1.54) is 27.6 Å². The van der Waals surface area contributed by atoms with Crippen molar-refractivity contribution in [3.05, 3.63) is 71.8 Å². The topological polar surface area (TPSA) is 13.1 Å². The summed E-state index contributed by atoms with van der Waals surface area (Å²) in [6, 6.07) is 22.2. The predicted octanol–water partition coefficient (Wildman–Crippen LogP) is 4.96. The van der Waals surface area contributed by atoms with Gasteiger partial charge in [0.15, 0.2) is 0 Å². The lowest BCUT2D eigenvalue weighted by atomic mass is 10.0. The van der Waals surface area contributed by atoms with Crippen molar-refractivity contribution in [3.63, 3.8) is 0 Å². The highest BCUT2D eigenvalue weighted by molar-refractivity contribution is 6.11. The molecule has 1 heteroatoms. The molecular formula is C19H11O. The third kappa shape index (κ3) is 1.17. The summed E-state index contributed by atoms with van der Waals surface area (Å²) in [4.78, 5) is 0. The van der Waals surface area contributed by atoms with Crippen LogP contribution >= 0.6 is 0 Å². The maximum absolute atomic E-state index is 6.10. The van der Waals surface area contributed by atoms with Crippen molar-refractivity contribution in [2.45, 2.75) is 6.42 Å². The molecule has 1 nitrogen and oxygen atoms in total. The van der Waals surface area contributed by atoms with Crippen LogP contribution in [0.1, 0.15) is 11.1 Å². The molecule has 4 aromatic rings. The zero-order valence-electron chi connectivity index (χ0n) is 10.8. The van der Waals surface area contributed by atoms with E-state index in [9.17, 15) is 0 Å². The Bertz CT molecular complexity index is 976. The van der Waals surface area contributed by atoms with Crippen molar-refractivity contribution in [1.29, 1.82) is 0 Å². The summed E-state index contributed by atoms with van der Waals surface area (Å²) in [6.07, 6.45) is 1.00. The van der Waals surface area contributed by atoms with Gasteiger partial charge in [-0.05, 0) is 23.1 Å². The first kappa shape index (κ1) is 10.3. The van der Waals surface area contributed by atoms with E-state index >= 15 is 0 Å². The minimum absolute atomic E-state index is 0.847. The zero-order chi connectivity index (χ0) is 13.1. The molecule has 20 heavy (non-hydrogen) atoms. The summed E-state index contributed by atoms with van der Waals surface area (Å²) in [6.45, 7) is 0. The first-order valence-electron chi connectivity index (χ1n) is 6.85. The van der Waals surface area contributed by atoms with Gasteiger partial charge in [0.2, 0.25) is 0 Å².